The number of thiazole rings is 1. The van der Waals surface area contributed by atoms with Crippen molar-refractivity contribution in [2.75, 3.05) is 14.2 Å². The molecule has 0 amide bonds. The first-order chi connectivity index (χ1) is 15.1. The second-order valence-corrected chi connectivity index (χ2v) is 7.67. The Morgan fingerprint density at radius 3 is 2.39 bits per heavy atom. The molecule has 9 heteroatoms. The van der Waals surface area contributed by atoms with Gasteiger partial charge in [-0.05, 0) is 54.6 Å². The summed E-state index contributed by atoms with van der Waals surface area (Å²) in [5.74, 6) is 1.33. The highest BCUT2D eigenvalue weighted by molar-refractivity contribution is 7.20. The van der Waals surface area contributed by atoms with Crippen LogP contribution in [0.25, 0.3) is 32.1 Å². The number of rotatable bonds is 4. The summed E-state index contributed by atoms with van der Waals surface area (Å²) in [6.45, 7) is 0. The first kappa shape index (κ1) is 19.0. The third-order valence-corrected chi connectivity index (χ3v) is 5.92. The maximum atomic E-state index is 13.6. The van der Waals surface area contributed by atoms with Gasteiger partial charge in [-0.1, -0.05) is 11.3 Å². The fourth-order valence-electron chi connectivity index (χ4n) is 3.39. The number of nitrogens with zero attached hydrogens (tertiary/aromatic N) is 4. The molecule has 0 fully saturated rings. The molecule has 0 atom stereocenters. The Balaban J connectivity index is 1.83. The number of fused-ring (bicyclic) bond motifs is 2. The average molecular weight is 432 g/mol. The summed E-state index contributed by atoms with van der Waals surface area (Å²) in [4.78, 5) is 35.6. The zero-order valence-corrected chi connectivity index (χ0v) is 17.4. The second-order valence-electron chi connectivity index (χ2n) is 6.66. The minimum atomic E-state index is -0.549. The molecule has 0 saturated heterocycles. The Morgan fingerprint density at radius 1 is 0.903 bits per heavy atom. The van der Waals surface area contributed by atoms with Gasteiger partial charge in [0, 0.05) is 6.20 Å². The maximum Gasteiger partial charge on any atom is 0.343 e. The summed E-state index contributed by atoms with van der Waals surface area (Å²) in [7, 11) is 3.15. The van der Waals surface area contributed by atoms with E-state index in [-0.39, 0.29) is 10.8 Å². The van der Waals surface area contributed by atoms with E-state index in [0.717, 1.165) is 9.27 Å². The molecule has 5 rings (SSSR count). The van der Waals surface area contributed by atoms with Gasteiger partial charge in [0.25, 0.3) is 5.56 Å². The molecular weight excluding hydrogens is 416 g/mol. The SMILES string of the molecule is COc1ccc(-n2c(=O)n(-c3nc4ccc(OC)cc4s3)c(=O)c3cccnc32)cc1. The molecule has 5 aromatic rings. The van der Waals surface area contributed by atoms with Gasteiger partial charge in [-0.25, -0.2) is 23.9 Å². The second kappa shape index (κ2) is 7.37. The highest BCUT2D eigenvalue weighted by atomic mass is 32.1. The minimum absolute atomic E-state index is 0.279. The molecular formula is C22H16N4O4S. The number of hydrogen-bond acceptors (Lipinski definition) is 7. The predicted molar refractivity (Wildman–Crippen MR) is 119 cm³/mol. The summed E-state index contributed by atoms with van der Waals surface area (Å²) in [5, 5.41) is 0.598. The largest absolute Gasteiger partial charge is 0.497 e. The van der Waals surface area contributed by atoms with Gasteiger partial charge in [0.05, 0.1) is 35.5 Å². The lowest BCUT2D eigenvalue weighted by molar-refractivity contribution is 0.414. The fraction of sp³-hybridized carbons (Fsp3) is 0.0909. The molecule has 0 unspecified atom stereocenters. The molecule has 3 heterocycles. The zero-order chi connectivity index (χ0) is 21.5. The number of hydrogen-bond donors (Lipinski definition) is 0. The Hall–Kier alpha value is -3.98. The van der Waals surface area contributed by atoms with E-state index in [9.17, 15) is 9.59 Å². The highest BCUT2D eigenvalue weighted by Crippen LogP contribution is 2.27. The van der Waals surface area contributed by atoms with Gasteiger partial charge in [-0.15, -0.1) is 0 Å². The molecule has 2 aromatic carbocycles. The Labute approximate surface area is 179 Å². The van der Waals surface area contributed by atoms with Gasteiger partial charge >= 0.3 is 5.69 Å². The first-order valence-electron chi connectivity index (χ1n) is 9.33. The van der Waals surface area contributed by atoms with E-state index in [2.05, 4.69) is 9.97 Å². The molecule has 0 aliphatic carbocycles. The molecule has 0 aliphatic heterocycles. The van der Waals surface area contributed by atoms with E-state index in [1.807, 2.05) is 6.07 Å². The zero-order valence-electron chi connectivity index (χ0n) is 16.6. The van der Waals surface area contributed by atoms with Gasteiger partial charge in [-0.3, -0.25) is 4.79 Å². The van der Waals surface area contributed by atoms with Crippen LogP contribution in [0.3, 0.4) is 0 Å². The van der Waals surface area contributed by atoms with E-state index >= 15 is 0 Å². The summed E-state index contributed by atoms with van der Waals surface area (Å²) in [6, 6.07) is 15.7. The Bertz CT molecular complexity index is 1550. The summed E-state index contributed by atoms with van der Waals surface area (Å²) in [5.41, 5.74) is 0.498. The Morgan fingerprint density at radius 2 is 1.65 bits per heavy atom. The third-order valence-electron chi connectivity index (χ3n) is 4.92. The topological polar surface area (TPSA) is 88.2 Å². The van der Waals surface area contributed by atoms with Crippen LogP contribution in [0, 0.1) is 0 Å². The van der Waals surface area contributed by atoms with Crippen LogP contribution in [0.15, 0.2) is 70.4 Å². The third kappa shape index (κ3) is 3.06. The van der Waals surface area contributed by atoms with E-state index in [1.165, 1.54) is 15.9 Å². The number of ether oxygens (including phenoxy) is 2. The van der Waals surface area contributed by atoms with Gasteiger partial charge in [0.15, 0.2) is 5.65 Å². The van der Waals surface area contributed by atoms with Crippen molar-refractivity contribution >= 4 is 32.6 Å². The van der Waals surface area contributed by atoms with Crippen molar-refractivity contribution in [2.45, 2.75) is 0 Å². The van der Waals surface area contributed by atoms with Crippen LogP contribution >= 0.6 is 11.3 Å². The van der Waals surface area contributed by atoms with Crippen LogP contribution in [0.1, 0.15) is 0 Å². The monoisotopic (exact) mass is 432 g/mol. The molecule has 3 aromatic heterocycles. The molecule has 154 valence electrons. The number of methoxy groups -OCH3 is 2. The van der Waals surface area contributed by atoms with Crippen molar-refractivity contribution in [3.8, 4) is 22.3 Å². The van der Waals surface area contributed by atoms with Crippen LogP contribution in [-0.2, 0) is 0 Å². The summed E-state index contributed by atoms with van der Waals surface area (Å²) >= 11 is 1.24. The first-order valence-corrected chi connectivity index (χ1v) is 10.1. The van der Waals surface area contributed by atoms with Crippen LogP contribution in [0.2, 0.25) is 0 Å². The summed E-state index contributed by atoms with van der Waals surface area (Å²) in [6.07, 6.45) is 1.55. The van der Waals surface area contributed by atoms with Crippen LogP contribution in [0.5, 0.6) is 11.5 Å². The molecule has 0 radical (unpaired) electrons. The molecule has 0 spiro atoms. The number of pyridine rings is 1. The van der Waals surface area contributed by atoms with Crippen LogP contribution < -0.4 is 20.7 Å². The van der Waals surface area contributed by atoms with Gasteiger partial charge in [-0.2, -0.15) is 0 Å². The standard InChI is InChI=1S/C22H16N4O4S/c1-29-14-7-5-13(6-8-14)25-19-16(4-3-11-23-19)20(27)26(22(25)28)21-24-17-10-9-15(30-2)12-18(17)31-21/h3-12H,1-2H3. The van der Waals surface area contributed by atoms with Crippen LogP contribution in [-0.4, -0.2) is 33.3 Å². The molecule has 0 aliphatic rings. The predicted octanol–water partition coefficient (Wildman–Crippen LogP) is 3.16. The van der Waals surface area contributed by atoms with Crippen molar-refractivity contribution in [3.05, 3.63) is 81.6 Å². The van der Waals surface area contributed by atoms with E-state index < -0.39 is 11.2 Å². The minimum Gasteiger partial charge on any atom is -0.497 e. The van der Waals surface area contributed by atoms with Gasteiger partial charge in [0.2, 0.25) is 5.13 Å². The van der Waals surface area contributed by atoms with Crippen LogP contribution in [0.4, 0.5) is 0 Å². The van der Waals surface area contributed by atoms with Crippen molar-refractivity contribution in [3.63, 3.8) is 0 Å². The maximum absolute atomic E-state index is 13.6. The molecule has 0 bridgehead atoms. The lowest BCUT2D eigenvalue weighted by Gasteiger charge is -2.12. The Kier molecular flexibility index (Phi) is 4.52. The number of aromatic nitrogens is 4. The number of benzene rings is 2. The lowest BCUT2D eigenvalue weighted by atomic mass is 10.2. The average Bonchev–Trinajstić information content (AvgIpc) is 3.22. The quantitative estimate of drug-likeness (QED) is 0.434. The lowest BCUT2D eigenvalue weighted by Crippen LogP contribution is -2.38. The van der Waals surface area contributed by atoms with Crippen molar-refractivity contribution < 1.29 is 9.47 Å². The van der Waals surface area contributed by atoms with Gasteiger partial charge in [0.1, 0.15) is 11.5 Å². The molecule has 0 saturated carbocycles. The van der Waals surface area contributed by atoms with Crippen molar-refractivity contribution in [1.82, 2.24) is 19.1 Å². The molecule has 31 heavy (non-hydrogen) atoms. The van der Waals surface area contributed by atoms with E-state index in [0.29, 0.717) is 28.1 Å². The molecule has 8 nitrogen and oxygen atoms in total. The smallest absolute Gasteiger partial charge is 0.343 e. The van der Waals surface area contributed by atoms with Crippen molar-refractivity contribution in [2.24, 2.45) is 0 Å². The fourth-order valence-corrected chi connectivity index (χ4v) is 4.37. The molecule has 0 N–H and O–H groups in total. The normalized spacial score (nSPS) is 11.2. The van der Waals surface area contributed by atoms with E-state index in [1.54, 1.807) is 68.9 Å². The summed E-state index contributed by atoms with van der Waals surface area (Å²) < 4.78 is 13.8. The highest BCUT2D eigenvalue weighted by Gasteiger charge is 2.19. The van der Waals surface area contributed by atoms with Gasteiger partial charge < -0.3 is 9.47 Å². The van der Waals surface area contributed by atoms with Crippen molar-refractivity contribution in [1.29, 1.82) is 0 Å². The van der Waals surface area contributed by atoms with E-state index in [4.69, 9.17) is 9.47 Å².